The molecule has 1 aliphatic carbocycles. The van der Waals surface area contributed by atoms with Gasteiger partial charge in [0.05, 0.1) is 24.0 Å². The van der Waals surface area contributed by atoms with Gasteiger partial charge in [-0.25, -0.2) is 4.79 Å². The van der Waals surface area contributed by atoms with Crippen molar-refractivity contribution >= 4 is 23.7 Å². The predicted molar refractivity (Wildman–Crippen MR) is 175 cm³/mol. The molecule has 3 amide bonds. The Bertz CT molecular complexity index is 1570. The zero-order valence-corrected chi connectivity index (χ0v) is 26.7. The van der Waals surface area contributed by atoms with Gasteiger partial charge in [0.1, 0.15) is 11.8 Å². The lowest BCUT2D eigenvalue weighted by Crippen LogP contribution is -2.54. The van der Waals surface area contributed by atoms with Gasteiger partial charge in [0.2, 0.25) is 11.8 Å². The summed E-state index contributed by atoms with van der Waals surface area (Å²) in [5, 5.41) is 15.9. The Kier molecular flexibility index (Phi) is 10.1. The van der Waals surface area contributed by atoms with Gasteiger partial charge in [0.25, 0.3) is 5.91 Å². The number of nitrogens with zero attached hydrogens (tertiary/aromatic N) is 1. The van der Waals surface area contributed by atoms with Crippen LogP contribution in [0.4, 0.5) is 0 Å². The van der Waals surface area contributed by atoms with Crippen LogP contribution in [0.3, 0.4) is 0 Å². The van der Waals surface area contributed by atoms with Crippen LogP contribution in [0, 0.1) is 5.92 Å². The van der Waals surface area contributed by atoms with E-state index in [9.17, 15) is 24.3 Å². The average molecular weight is 626 g/mol. The summed E-state index contributed by atoms with van der Waals surface area (Å²) < 4.78 is 5.34. The van der Waals surface area contributed by atoms with Crippen LogP contribution in [-0.4, -0.2) is 66.0 Å². The number of rotatable bonds is 10. The SMILES string of the molecule is COc1ccccc1C(=O)NC1CCN(C(=O)[C@H]2CC[C@@](C(=O)N[C@@H](CC(C)C)C(=O)O)(c3ccccc3)c3ccccc32)CC1. The maximum absolute atomic E-state index is 14.3. The van der Waals surface area contributed by atoms with E-state index in [1.54, 1.807) is 18.2 Å². The first-order valence-electron chi connectivity index (χ1n) is 16.1. The van der Waals surface area contributed by atoms with E-state index in [0.29, 0.717) is 56.5 Å². The molecule has 1 aliphatic heterocycles. The van der Waals surface area contributed by atoms with Crippen molar-refractivity contribution in [1.82, 2.24) is 15.5 Å². The van der Waals surface area contributed by atoms with E-state index >= 15 is 0 Å². The van der Waals surface area contributed by atoms with Crippen molar-refractivity contribution in [3.05, 3.63) is 101 Å². The molecule has 5 rings (SSSR count). The highest BCUT2D eigenvalue weighted by molar-refractivity contribution is 5.98. The first-order chi connectivity index (χ1) is 22.1. The number of aliphatic carboxylic acids is 1. The van der Waals surface area contributed by atoms with Gasteiger partial charge in [-0.05, 0) is 66.8 Å². The topological polar surface area (TPSA) is 125 Å². The summed E-state index contributed by atoms with van der Waals surface area (Å²) in [6.07, 6.45) is 2.36. The number of hydrogen-bond acceptors (Lipinski definition) is 5. The summed E-state index contributed by atoms with van der Waals surface area (Å²) in [6, 6.07) is 23.0. The molecule has 3 aromatic carbocycles. The molecule has 1 saturated heterocycles. The van der Waals surface area contributed by atoms with Crippen LogP contribution >= 0.6 is 0 Å². The Morgan fingerprint density at radius 3 is 2.24 bits per heavy atom. The van der Waals surface area contributed by atoms with Crippen molar-refractivity contribution in [2.45, 2.75) is 69.4 Å². The monoisotopic (exact) mass is 625 g/mol. The second-order valence-corrected chi connectivity index (χ2v) is 12.7. The predicted octanol–water partition coefficient (Wildman–Crippen LogP) is 4.90. The summed E-state index contributed by atoms with van der Waals surface area (Å²) >= 11 is 0. The lowest BCUT2D eigenvalue weighted by molar-refractivity contribution is -0.143. The van der Waals surface area contributed by atoms with Crippen LogP contribution in [0.2, 0.25) is 0 Å². The van der Waals surface area contributed by atoms with E-state index in [0.717, 1.165) is 16.7 Å². The number of likely N-dealkylation sites (tertiary alicyclic amines) is 1. The van der Waals surface area contributed by atoms with Gasteiger partial charge in [0.15, 0.2) is 0 Å². The van der Waals surface area contributed by atoms with E-state index in [-0.39, 0.29) is 29.7 Å². The highest BCUT2D eigenvalue weighted by Gasteiger charge is 2.49. The molecule has 0 aromatic heterocycles. The number of carboxylic acids is 1. The van der Waals surface area contributed by atoms with Gasteiger partial charge in [-0.1, -0.05) is 80.6 Å². The fraction of sp³-hybridized carbons (Fsp3) is 0.405. The highest BCUT2D eigenvalue weighted by Crippen LogP contribution is 2.48. The van der Waals surface area contributed by atoms with Crippen LogP contribution in [-0.2, 0) is 19.8 Å². The molecule has 9 nitrogen and oxygen atoms in total. The van der Waals surface area contributed by atoms with Gasteiger partial charge in [-0.2, -0.15) is 0 Å². The van der Waals surface area contributed by atoms with Gasteiger partial charge < -0.3 is 25.4 Å². The lowest BCUT2D eigenvalue weighted by Gasteiger charge is -2.43. The standard InChI is InChI=1S/C37H43N3O6/c1-24(2)23-31(35(43)44)39-36(45)37(25-11-5-4-6-12-25)20-17-28(27-13-7-9-15-30(27)37)34(42)40-21-18-26(19-22-40)38-33(41)29-14-8-10-16-32(29)46-3/h4-16,24,26,28,31H,17-23H2,1-3H3,(H,38,41)(H,39,45)(H,43,44)/t28-,31-,37+/m0/s1. The van der Waals surface area contributed by atoms with E-state index in [2.05, 4.69) is 10.6 Å². The Morgan fingerprint density at radius 1 is 0.913 bits per heavy atom. The number of methoxy groups -OCH3 is 1. The number of ether oxygens (including phenoxy) is 1. The molecule has 9 heteroatoms. The Balaban J connectivity index is 1.36. The molecule has 3 aromatic rings. The van der Waals surface area contributed by atoms with Crippen molar-refractivity contribution in [3.63, 3.8) is 0 Å². The van der Waals surface area contributed by atoms with Gasteiger partial charge in [0, 0.05) is 19.1 Å². The quantitative estimate of drug-likeness (QED) is 0.295. The van der Waals surface area contributed by atoms with E-state index in [1.807, 2.05) is 79.4 Å². The first-order valence-corrected chi connectivity index (χ1v) is 16.1. The minimum absolute atomic E-state index is 0.00671. The number of piperidine rings is 1. The summed E-state index contributed by atoms with van der Waals surface area (Å²) in [5.74, 6) is -1.46. The van der Waals surface area contributed by atoms with Gasteiger partial charge in [-0.3, -0.25) is 14.4 Å². The lowest BCUT2D eigenvalue weighted by atomic mass is 9.62. The summed E-state index contributed by atoms with van der Waals surface area (Å²) in [5.41, 5.74) is 1.63. The molecule has 3 atom stereocenters. The van der Waals surface area contributed by atoms with E-state index in [4.69, 9.17) is 4.74 Å². The third kappa shape index (κ3) is 6.64. The van der Waals surface area contributed by atoms with Crippen LogP contribution in [0.5, 0.6) is 5.75 Å². The van der Waals surface area contributed by atoms with Gasteiger partial charge in [-0.15, -0.1) is 0 Å². The molecule has 1 heterocycles. The molecule has 0 unspecified atom stereocenters. The van der Waals surface area contributed by atoms with Crippen LogP contribution in [0.15, 0.2) is 78.9 Å². The Labute approximate surface area is 270 Å². The highest BCUT2D eigenvalue weighted by atomic mass is 16.5. The van der Waals surface area contributed by atoms with Crippen LogP contribution in [0.25, 0.3) is 0 Å². The molecular weight excluding hydrogens is 582 g/mol. The van der Waals surface area contributed by atoms with Crippen molar-refractivity contribution in [2.24, 2.45) is 5.92 Å². The second kappa shape index (κ2) is 14.2. The van der Waals surface area contributed by atoms with Gasteiger partial charge >= 0.3 is 5.97 Å². The normalized spacial score (nSPS) is 20.3. The smallest absolute Gasteiger partial charge is 0.326 e. The second-order valence-electron chi connectivity index (χ2n) is 12.7. The maximum atomic E-state index is 14.3. The van der Waals surface area contributed by atoms with Crippen molar-refractivity contribution in [2.75, 3.05) is 20.2 Å². The van der Waals surface area contributed by atoms with Crippen molar-refractivity contribution in [3.8, 4) is 5.75 Å². The van der Waals surface area contributed by atoms with Crippen LogP contribution < -0.4 is 15.4 Å². The van der Waals surface area contributed by atoms with E-state index < -0.39 is 23.3 Å². The minimum atomic E-state index is -1.14. The summed E-state index contributed by atoms with van der Waals surface area (Å²) in [4.78, 5) is 55.4. The number of hydrogen-bond donors (Lipinski definition) is 3. The Morgan fingerprint density at radius 2 is 1.57 bits per heavy atom. The number of benzene rings is 3. The number of carbonyl (C=O) groups is 4. The number of para-hydroxylation sites is 1. The number of amides is 3. The van der Waals surface area contributed by atoms with Crippen molar-refractivity contribution < 1.29 is 29.0 Å². The van der Waals surface area contributed by atoms with Crippen LogP contribution in [0.1, 0.15) is 78.9 Å². The summed E-state index contributed by atoms with van der Waals surface area (Å²) in [7, 11) is 1.54. The molecule has 0 spiro atoms. The molecule has 1 fully saturated rings. The Hall–Kier alpha value is -4.66. The largest absolute Gasteiger partial charge is 0.496 e. The first kappa shape index (κ1) is 32.7. The molecule has 0 radical (unpaired) electrons. The maximum Gasteiger partial charge on any atom is 0.326 e. The van der Waals surface area contributed by atoms with E-state index in [1.165, 1.54) is 7.11 Å². The fourth-order valence-electron chi connectivity index (χ4n) is 7.02. The average Bonchev–Trinajstić information content (AvgIpc) is 3.07. The molecule has 2 aliphatic rings. The fourth-order valence-corrected chi connectivity index (χ4v) is 7.02. The zero-order chi connectivity index (χ0) is 32.8. The summed E-state index contributed by atoms with van der Waals surface area (Å²) in [6.45, 7) is 4.87. The number of nitrogens with one attached hydrogen (secondary N) is 2. The number of fused-ring (bicyclic) bond motifs is 1. The molecule has 242 valence electrons. The third-order valence-electron chi connectivity index (χ3n) is 9.36. The molecule has 46 heavy (non-hydrogen) atoms. The number of carbonyl (C=O) groups excluding carboxylic acids is 3. The zero-order valence-electron chi connectivity index (χ0n) is 26.7. The minimum Gasteiger partial charge on any atom is -0.496 e. The van der Waals surface area contributed by atoms with Crippen molar-refractivity contribution in [1.29, 1.82) is 0 Å². The number of carboxylic acid groups (broad SMARTS) is 1. The molecule has 0 bridgehead atoms. The molecule has 3 N–H and O–H groups in total. The third-order valence-corrected chi connectivity index (χ3v) is 9.36. The molecule has 0 saturated carbocycles. The molecular formula is C37H43N3O6.